The van der Waals surface area contributed by atoms with Crippen LogP contribution in [0.25, 0.3) is 0 Å². The van der Waals surface area contributed by atoms with Crippen LogP contribution >= 0.6 is 0 Å². The normalized spacial score (nSPS) is 15.9. The zero-order valence-corrected chi connectivity index (χ0v) is 11.7. The van der Waals surface area contributed by atoms with Crippen LogP contribution in [0.2, 0.25) is 0 Å². The van der Waals surface area contributed by atoms with Crippen LogP contribution in [0.4, 0.5) is 8.78 Å². The van der Waals surface area contributed by atoms with Crippen molar-refractivity contribution < 1.29 is 18.4 Å². The van der Waals surface area contributed by atoms with Crippen molar-refractivity contribution in [3.8, 4) is 0 Å². The molecule has 1 aromatic rings. The number of rotatable bonds is 3. The fourth-order valence-electron chi connectivity index (χ4n) is 2.22. The summed E-state index contributed by atoms with van der Waals surface area (Å²) in [5.74, 6) is -1.98. The lowest BCUT2D eigenvalue weighted by molar-refractivity contribution is -0.122. The molecular formula is C14H17F2N3O2. The number of hydrogen-bond acceptors (Lipinski definition) is 3. The van der Waals surface area contributed by atoms with Gasteiger partial charge in [0.05, 0.1) is 12.1 Å². The van der Waals surface area contributed by atoms with Crippen molar-refractivity contribution in [3.63, 3.8) is 0 Å². The molecule has 0 unspecified atom stereocenters. The van der Waals surface area contributed by atoms with E-state index >= 15 is 0 Å². The second-order valence-electron chi connectivity index (χ2n) is 4.87. The fourth-order valence-corrected chi connectivity index (χ4v) is 2.22. The average Bonchev–Trinajstić information content (AvgIpc) is 2.49. The summed E-state index contributed by atoms with van der Waals surface area (Å²) in [4.78, 5) is 26.8. The van der Waals surface area contributed by atoms with Crippen molar-refractivity contribution in [2.24, 2.45) is 0 Å². The fraction of sp³-hybridized carbons (Fsp3) is 0.429. The number of hydrogen-bond donors (Lipinski definition) is 1. The van der Waals surface area contributed by atoms with Gasteiger partial charge in [-0.1, -0.05) is 0 Å². The number of piperazine rings is 1. The van der Waals surface area contributed by atoms with Gasteiger partial charge in [-0.25, -0.2) is 8.78 Å². The molecule has 0 atom stereocenters. The molecule has 1 aliphatic rings. The first-order chi connectivity index (χ1) is 10.0. The Morgan fingerprint density at radius 3 is 2.48 bits per heavy atom. The Bertz CT molecular complexity index is 543. The van der Waals surface area contributed by atoms with Crippen LogP contribution in [0.1, 0.15) is 10.4 Å². The molecule has 0 aromatic heterocycles. The first-order valence-electron chi connectivity index (χ1n) is 6.68. The molecule has 1 saturated heterocycles. The van der Waals surface area contributed by atoms with E-state index in [1.165, 1.54) is 4.90 Å². The van der Waals surface area contributed by atoms with Gasteiger partial charge in [0.25, 0.3) is 5.91 Å². The molecule has 0 radical (unpaired) electrons. The number of carbonyl (C=O) groups excluding carboxylic acids is 2. The van der Waals surface area contributed by atoms with Crippen LogP contribution in [-0.2, 0) is 4.79 Å². The standard InChI is InChI=1S/C14H17F2N3O2/c1-17-13(20)9-18-4-6-19(7-5-18)14(21)11-8-10(15)2-3-12(11)16/h2-3,8H,4-7,9H2,1H3,(H,17,20). The van der Waals surface area contributed by atoms with E-state index in [1.807, 2.05) is 4.90 Å². The molecule has 0 saturated carbocycles. The molecule has 7 heteroatoms. The number of nitrogens with one attached hydrogen (secondary N) is 1. The smallest absolute Gasteiger partial charge is 0.257 e. The SMILES string of the molecule is CNC(=O)CN1CCN(C(=O)c2cc(F)ccc2F)CC1. The highest BCUT2D eigenvalue weighted by Gasteiger charge is 2.25. The van der Waals surface area contributed by atoms with Crippen molar-refractivity contribution in [1.82, 2.24) is 15.1 Å². The molecule has 0 spiro atoms. The molecule has 1 aromatic carbocycles. The van der Waals surface area contributed by atoms with E-state index in [1.54, 1.807) is 7.05 Å². The monoisotopic (exact) mass is 297 g/mol. The number of likely N-dealkylation sites (N-methyl/N-ethyl adjacent to an activating group) is 1. The molecule has 0 bridgehead atoms. The Kier molecular flexibility index (Phi) is 4.85. The predicted molar refractivity (Wildman–Crippen MR) is 72.8 cm³/mol. The molecule has 21 heavy (non-hydrogen) atoms. The number of nitrogens with zero attached hydrogens (tertiary/aromatic N) is 2. The van der Waals surface area contributed by atoms with Crippen molar-refractivity contribution >= 4 is 11.8 Å². The van der Waals surface area contributed by atoms with Crippen molar-refractivity contribution in [2.45, 2.75) is 0 Å². The molecule has 1 N–H and O–H groups in total. The number of benzene rings is 1. The quantitative estimate of drug-likeness (QED) is 0.882. The third-order valence-corrected chi connectivity index (χ3v) is 3.46. The maximum atomic E-state index is 13.6. The topological polar surface area (TPSA) is 52.7 Å². The Balaban J connectivity index is 1.97. The summed E-state index contributed by atoms with van der Waals surface area (Å²) < 4.78 is 26.7. The third-order valence-electron chi connectivity index (χ3n) is 3.46. The molecule has 0 aliphatic carbocycles. The summed E-state index contributed by atoms with van der Waals surface area (Å²) in [6, 6.07) is 2.84. The first kappa shape index (κ1) is 15.4. The molecule has 1 fully saturated rings. The number of amides is 2. The average molecular weight is 297 g/mol. The van der Waals surface area contributed by atoms with Crippen LogP contribution < -0.4 is 5.32 Å². The molecule has 2 amide bonds. The van der Waals surface area contributed by atoms with Crippen LogP contribution in [0, 0.1) is 11.6 Å². The van der Waals surface area contributed by atoms with E-state index in [2.05, 4.69) is 5.32 Å². The van der Waals surface area contributed by atoms with Crippen LogP contribution in [0.3, 0.4) is 0 Å². The van der Waals surface area contributed by atoms with E-state index < -0.39 is 17.5 Å². The van der Waals surface area contributed by atoms with Gasteiger partial charge in [0.1, 0.15) is 11.6 Å². The van der Waals surface area contributed by atoms with Crippen molar-refractivity contribution in [2.75, 3.05) is 39.8 Å². The lowest BCUT2D eigenvalue weighted by atomic mass is 10.1. The molecule has 2 rings (SSSR count). The van der Waals surface area contributed by atoms with Crippen molar-refractivity contribution in [3.05, 3.63) is 35.4 Å². The Morgan fingerprint density at radius 1 is 1.19 bits per heavy atom. The number of halogens is 2. The molecule has 1 aliphatic heterocycles. The van der Waals surface area contributed by atoms with Crippen LogP contribution in [0.15, 0.2) is 18.2 Å². The zero-order chi connectivity index (χ0) is 15.4. The minimum Gasteiger partial charge on any atom is -0.358 e. The van der Waals surface area contributed by atoms with E-state index in [0.717, 1.165) is 18.2 Å². The van der Waals surface area contributed by atoms with Gasteiger partial charge in [-0.15, -0.1) is 0 Å². The van der Waals surface area contributed by atoms with Crippen LogP contribution in [0.5, 0.6) is 0 Å². The number of carbonyl (C=O) groups is 2. The summed E-state index contributed by atoms with van der Waals surface area (Å²) in [6.45, 7) is 2.08. The van der Waals surface area contributed by atoms with Gasteiger partial charge in [0, 0.05) is 33.2 Å². The third kappa shape index (κ3) is 3.75. The van der Waals surface area contributed by atoms with Gasteiger partial charge in [-0.05, 0) is 18.2 Å². The highest BCUT2D eigenvalue weighted by molar-refractivity contribution is 5.94. The zero-order valence-electron chi connectivity index (χ0n) is 11.7. The highest BCUT2D eigenvalue weighted by atomic mass is 19.1. The lowest BCUT2D eigenvalue weighted by Crippen LogP contribution is -2.51. The first-order valence-corrected chi connectivity index (χ1v) is 6.68. The van der Waals surface area contributed by atoms with Crippen LogP contribution in [-0.4, -0.2) is 61.4 Å². The van der Waals surface area contributed by atoms with Crippen molar-refractivity contribution in [1.29, 1.82) is 0 Å². The molecular weight excluding hydrogens is 280 g/mol. The minimum absolute atomic E-state index is 0.0917. The van der Waals surface area contributed by atoms with Gasteiger partial charge in [0.2, 0.25) is 5.91 Å². The summed E-state index contributed by atoms with van der Waals surface area (Å²) in [6.07, 6.45) is 0. The highest BCUT2D eigenvalue weighted by Crippen LogP contribution is 2.14. The maximum absolute atomic E-state index is 13.6. The second-order valence-corrected chi connectivity index (χ2v) is 4.87. The largest absolute Gasteiger partial charge is 0.358 e. The van der Waals surface area contributed by atoms with Gasteiger partial charge in [-0.3, -0.25) is 14.5 Å². The lowest BCUT2D eigenvalue weighted by Gasteiger charge is -2.34. The maximum Gasteiger partial charge on any atom is 0.257 e. The summed E-state index contributed by atoms with van der Waals surface area (Å²) in [5.41, 5.74) is -0.255. The predicted octanol–water partition coefficient (Wildman–Crippen LogP) is 0.469. The molecule has 114 valence electrons. The Hall–Kier alpha value is -2.02. The van der Waals surface area contributed by atoms with Gasteiger partial charge < -0.3 is 10.2 Å². The van der Waals surface area contributed by atoms with E-state index in [0.29, 0.717) is 26.2 Å². The van der Waals surface area contributed by atoms with E-state index in [-0.39, 0.29) is 18.0 Å². The van der Waals surface area contributed by atoms with Gasteiger partial charge in [0.15, 0.2) is 0 Å². The van der Waals surface area contributed by atoms with E-state index in [4.69, 9.17) is 0 Å². The van der Waals surface area contributed by atoms with E-state index in [9.17, 15) is 18.4 Å². The Morgan fingerprint density at radius 2 is 1.86 bits per heavy atom. The van der Waals surface area contributed by atoms with Gasteiger partial charge >= 0.3 is 0 Å². The summed E-state index contributed by atoms with van der Waals surface area (Å²) in [5, 5.41) is 2.53. The molecule has 1 heterocycles. The summed E-state index contributed by atoms with van der Waals surface area (Å²) >= 11 is 0. The summed E-state index contributed by atoms with van der Waals surface area (Å²) in [7, 11) is 1.56. The Labute approximate surface area is 121 Å². The minimum atomic E-state index is -0.728. The van der Waals surface area contributed by atoms with Gasteiger partial charge in [-0.2, -0.15) is 0 Å². The second kappa shape index (κ2) is 6.62. The molecule has 5 nitrogen and oxygen atoms in total.